The minimum absolute atomic E-state index is 0.0849. The molecule has 0 aromatic carbocycles. The van der Waals surface area contributed by atoms with Crippen molar-refractivity contribution < 1.29 is 8.78 Å². The minimum Gasteiger partial charge on any atom is -0.356 e. The number of anilines is 1. The summed E-state index contributed by atoms with van der Waals surface area (Å²) in [5.41, 5.74) is 0.947. The summed E-state index contributed by atoms with van der Waals surface area (Å²) in [6, 6.07) is 1.88. The van der Waals surface area contributed by atoms with Gasteiger partial charge in [-0.2, -0.15) is 0 Å². The molecule has 0 radical (unpaired) electrons. The monoisotopic (exact) mass is 227 g/mol. The molecule has 1 aliphatic rings. The standard InChI is InChI=1S/C11H15F2N3/c1-2-9-7-10(15-8-14-9)16-5-3-11(12,13)4-6-16/h7-8H,2-6H2,1H3. The number of aryl methyl sites for hydroxylation is 1. The summed E-state index contributed by atoms with van der Waals surface area (Å²) in [5.74, 6) is -1.74. The fourth-order valence-electron chi connectivity index (χ4n) is 1.81. The van der Waals surface area contributed by atoms with Crippen LogP contribution in [0.4, 0.5) is 14.6 Å². The molecular weight excluding hydrogens is 212 g/mol. The van der Waals surface area contributed by atoms with E-state index in [0.29, 0.717) is 13.1 Å². The van der Waals surface area contributed by atoms with Crippen LogP contribution in [0.15, 0.2) is 12.4 Å². The molecule has 16 heavy (non-hydrogen) atoms. The average molecular weight is 227 g/mol. The summed E-state index contributed by atoms with van der Waals surface area (Å²) < 4.78 is 26.0. The highest BCUT2D eigenvalue weighted by Gasteiger charge is 2.34. The Bertz CT molecular complexity index is 358. The Hall–Kier alpha value is -1.26. The maximum atomic E-state index is 13.0. The van der Waals surface area contributed by atoms with E-state index in [2.05, 4.69) is 9.97 Å². The Morgan fingerprint density at radius 3 is 2.62 bits per heavy atom. The number of alkyl halides is 2. The van der Waals surface area contributed by atoms with E-state index in [1.807, 2.05) is 17.9 Å². The maximum Gasteiger partial charge on any atom is 0.251 e. The number of hydrogen-bond donors (Lipinski definition) is 0. The normalized spacial score (nSPS) is 19.8. The van der Waals surface area contributed by atoms with Gasteiger partial charge in [-0.1, -0.05) is 6.92 Å². The molecule has 0 saturated carbocycles. The van der Waals surface area contributed by atoms with Gasteiger partial charge in [-0.15, -0.1) is 0 Å². The second-order valence-electron chi connectivity index (χ2n) is 4.06. The molecular formula is C11H15F2N3. The fourth-order valence-corrected chi connectivity index (χ4v) is 1.81. The van der Waals surface area contributed by atoms with Gasteiger partial charge in [0.05, 0.1) is 0 Å². The van der Waals surface area contributed by atoms with Crippen molar-refractivity contribution in [3.05, 3.63) is 18.1 Å². The van der Waals surface area contributed by atoms with Gasteiger partial charge in [-0.05, 0) is 6.42 Å². The molecule has 0 atom stereocenters. The first-order valence-corrected chi connectivity index (χ1v) is 5.54. The van der Waals surface area contributed by atoms with E-state index in [1.54, 1.807) is 0 Å². The van der Waals surface area contributed by atoms with Crippen molar-refractivity contribution in [3.8, 4) is 0 Å². The van der Waals surface area contributed by atoms with E-state index in [4.69, 9.17) is 0 Å². The van der Waals surface area contributed by atoms with Gasteiger partial charge in [0.15, 0.2) is 0 Å². The van der Waals surface area contributed by atoms with Gasteiger partial charge in [0.1, 0.15) is 12.1 Å². The molecule has 1 saturated heterocycles. The summed E-state index contributed by atoms with van der Waals surface area (Å²) in [4.78, 5) is 10.1. The minimum atomic E-state index is -2.50. The van der Waals surface area contributed by atoms with Crippen LogP contribution in [0.3, 0.4) is 0 Å². The number of piperidine rings is 1. The van der Waals surface area contributed by atoms with Crippen LogP contribution in [0.5, 0.6) is 0 Å². The van der Waals surface area contributed by atoms with E-state index >= 15 is 0 Å². The van der Waals surface area contributed by atoms with E-state index in [-0.39, 0.29) is 12.8 Å². The van der Waals surface area contributed by atoms with Gasteiger partial charge in [-0.3, -0.25) is 0 Å². The molecule has 0 spiro atoms. The first kappa shape index (κ1) is 11.2. The van der Waals surface area contributed by atoms with Crippen LogP contribution in [0, 0.1) is 0 Å². The van der Waals surface area contributed by atoms with Crippen molar-refractivity contribution in [1.29, 1.82) is 0 Å². The molecule has 1 aromatic rings. The van der Waals surface area contributed by atoms with E-state index in [9.17, 15) is 8.78 Å². The van der Waals surface area contributed by atoms with Gasteiger partial charge < -0.3 is 4.90 Å². The van der Waals surface area contributed by atoms with Gasteiger partial charge in [0.2, 0.25) is 0 Å². The van der Waals surface area contributed by atoms with E-state index < -0.39 is 5.92 Å². The number of hydrogen-bond acceptors (Lipinski definition) is 3. The van der Waals surface area contributed by atoms with Crippen LogP contribution >= 0.6 is 0 Å². The largest absolute Gasteiger partial charge is 0.356 e. The Morgan fingerprint density at radius 2 is 2.00 bits per heavy atom. The molecule has 0 bridgehead atoms. The highest BCUT2D eigenvalue weighted by molar-refractivity contribution is 5.39. The van der Waals surface area contributed by atoms with Crippen LogP contribution in [-0.2, 0) is 6.42 Å². The van der Waals surface area contributed by atoms with Crippen molar-refractivity contribution >= 4 is 5.82 Å². The smallest absolute Gasteiger partial charge is 0.251 e. The van der Waals surface area contributed by atoms with Crippen molar-refractivity contribution in [2.75, 3.05) is 18.0 Å². The zero-order valence-corrected chi connectivity index (χ0v) is 9.29. The Morgan fingerprint density at radius 1 is 1.31 bits per heavy atom. The lowest BCUT2D eigenvalue weighted by Crippen LogP contribution is -2.39. The number of rotatable bonds is 2. The summed E-state index contributed by atoms with van der Waals surface area (Å²) in [5, 5.41) is 0. The summed E-state index contributed by atoms with van der Waals surface area (Å²) in [6.45, 7) is 2.75. The van der Waals surface area contributed by atoms with Crippen LogP contribution in [0.25, 0.3) is 0 Å². The molecule has 1 aromatic heterocycles. The molecule has 0 amide bonds. The first-order valence-electron chi connectivity index (χ1n) is 5.54. The van der Waals surface area contributed by atoms with Crippen molar-refractivity contribution in [2.24, 2.45) is 0 Å². The third kappa shape index (κ3) is 2.46. The quantitative estimate of drug-likeness (QED) is 0.776. The number of aromatic nitrogens is 2. The topological polar surface area (TPSA) is 29.0 Å². The summed E-state index contributed by atoms with van der Waals surface area (Å²) in [7, 11) is 0. The van der Waals surface area contributed by atoms with Crippen molar-refractivity contribution in [1.82, 2.24) is 9.97 Å². The third-order valence-electron chi connectivity index (χ3n) is 2.89. The van der Waals surface area contributed by atoms with Gasteiger partial charge >= 0.3 is 0 Å². The average Bonchev–Trinajstić information content (AvgIpc) is 2.29. The van der Waals surface area contributed by atoms with Crippen molar-refractivity contribution in [3.63, 3.8) is 0 Å². The SMILES string of the molecule is CCc1cc(N2CCC(F)(F)CC2)ncn1. The summed E-state index contributed by atoms with van der Waals surface area (Å²) in [6.07, 6.45) is 2.16. The fraction of sp³-hybridized carbons (Fsp3) is 0.636. The van der Waals surface area contributed by atoms with Gasteiger partial charge in [0.25, 0.3) is 5.92 Å². The van der Waals surface area contributed by atoms with E-state index in [1.165, 1.54) is 6.33 Å². The Balaban J connectivity index is 2.08. The number of halogens is 2. The van der Waals surface area contributed by atoms with E-state index in [0.717, 1.165) is 17.9 Å². The Kier molecular flexibility index (Phi) is 3.03. The molecule has 0 N–H and O–H groups in total. The van der Waals surface area contributed by atoms with Crippen LogP contribution in [0.1, 0.15) is 25.5 Å². The molecule has 2 heterocycles. The zero-order valence-electron chi connectivity index (χ0n) is 9.29. The lowest BCUT2D eigenvalue weighted by molar-refractivity contribution is -0.0221. The highest BCUT2D eigenvalue weighted by Crippen LogP contribution is 2.29. The lowest BCUT2D eigenvalue weighted by atomic mass is 10.1. The predicted molar refractivity (Wildman–Crippen MR) is 57.8 cm³/mol. The molecule has 88 valence electrons. The van der Waals surface area contributed by atoms with Crippen LogP contribution in [0.2, 0.25) is 0 Å². The third-order valence-corrected chi connectivity index (χ3v) is 2.89. The number of nitrogens with zero attached hydrogens (tertiary/aromatic N) is 3. The Labute approximate surface area is 93.5 Å². The second-order valence-corrected chi connectivity index (χ2v) is 4.06. The highest BCUT2D eigenvalue weighted by atomic mass is 19.3. The molecule has 0 unspecified atom stereocenters. The molecule has 5 heteroatoms. The summed E-state index contributed by atoms with van der Waals surface area (Å²) >= 11 is 0. The predicted octanol–water partition coefficient (Wildman–Crippen LogP) is 2.27. The van der Waals surface area contributed by atoms with Gasteiger partial charge in [0, 0.05) is 37.7 Å². The van der Waals surface area contributed by atoms with Gasteiger partial charge in [-0.25, -0.2) is 18.7 Å². The molecule has 1 fully saturated rings. The van der Waals surface area contributed by atoms with Crippen LogP contribution < -0.4 is 4.90 Å². The second kappa shape index (κ2) is 4.31. The zero-order chi connectivity index (χ0) is 11.6. The lowest BCUT2D eigenvalue weighted by Gasteiger charge is -2.32. The molecule has 2 rings (SSSR count). The van der Waals surface area contributed by atoms with Crippen LogP contribution in [-0.4, -0.2) is 29.0 Å². The van der Waals surface area contributed by atoms with Crippen molar-refractivity contribution in [2.45, 2.75) is 32.1 Å². The molecule has 1 aliphatic heterocycles. The maximum absolute atomic E-state index is 13.0. The molecule has 3 nitrogen and oxygen atoms in total. The molecule has 0 aliphatic carbocycles. The first-order chi connectivity index (χ1) is 7.61.